The predicted molar refractivity (Wildman–Crippen MR) is 74.2 cm³/mol. The molecule has 0 aromatic heterocycles. The highest BCUT2D eigenvalue weighted by atomic mass is 16.6. The summed E-state index contributed by atoms with van der Waals surface area (Å²) < 4.78 is 6.00. The van der Waals surface area contributed by atoms with E-state index in [-0.39, 0.29) is 22.5 Å². The molecule has 0 aromatic rings. The molecule has 3 nitrogen and oxygen atoms in total. The Balaban J connectivity index is 1.82. The molecule has 1 saturated heterocycles. The summed E-state index contributed by atoms with van der Waals surface area (Å²) in [5.74, 6) is 0.610. The van der Waals surface area contributed by atoms with Crippen molar-refractivity contribution in [3.8, 4) is 0 Å². The standard InChI is InChI=1S/C17H22O3/c1-10-11-8-16(3)7-5-13(19)14-17(16,20-14)9-15(11,2)6-4-12(10)18/h14H,4-9H2,1-3H3/t14-,15+,16+,17-/m1/s1. The molecule has 3 fully saturated rings. The first-order valence-electron chi connectivity index (χ1n) is 7.75. The summed E-state index contributed by atoms with van der Waals surface area (Å²) in [7, 11) is 0. The fourth-order valence-corrected chi connectivity index (χ4v) is 5.15. The van der Waals surface area contributed by atoms with Crippen molar-refractivity contribution in [2.24, 2.45) is 10.8 Å². The fourth-order valence-electron chi connectivity index (χ4n) is 5.15. The molecule has 4 atom stereocenters. The molecule has 0 amide bonds. The lowest BCUT2D eigenvalue weighted by molar-refractivity contribution is -0.123. The van der Waals surface area contributed by atoms with Crippen LogP contribution in [0.1, 0.15) is 59.3 Å². The lowest BCUT2D eigenvalue weighted by atomic mass is 9.49. The van der Waals surface area contributed by atoms with Gasteiger partial charge in [-0.25, -0.2) is 0 Å². The number of epoxide rings is 1. The Morgan fingerprint density at radius 1 is 1.15 bits per heavy atom. The Kier molecular flexibility index (Phi) is 2.19. The number of hydrogen-bond acceptors (Lipinski definition) is 3. The fraction of sp³-hybridized carbons (Fsp3) is 0.765. The van der Waals surface area contributed by atoms with Crippen LogP contribution in [0.2, 0.25) is 0 Å². The number of ketones is 2. The number of allylic oxidation sites excluding steroid dienone is 2. The van der Waals surface area contributed by atoms with E-state index >= 15 is 0 Å². The Hall–Kier alpha value is -0.960. The van der Waals surface area contributed by atoms with Crippen LogP contribution in [0.4, 0.5) is 0 Å². The number of ether oxygens (including phenoxy) is 1. The zero-order valence-electron chi connectivity index (χ0n) is 12.5. The van der Waals surface area contributed by atoms with Crippen molar-refractivity contribution in [1.29, 1.82) is 0 Å². The molecule has 0 N–H and O–H groups in total. The maximum atomic E-state index is 12.1. The summed E-state index contributed by atoms with van der Waals surface area (Å²) in [4.78, 5) is 24.1. The van der Waals surface area contributed by atoms with E-state index < -0.39 is 0 Å². The largest absolute Gasteiger partial charge is 0.357 e. The first-order chi connectivity index (χ1) is 9.31. The highest BCUT2D eigenvalue weighted by Gasteiger charge is 2.75. The van der Waals surface area contributed by atoms with E-state index in [9.17, 15) is 9.59 Å². The van der Waals surface area contributed by atoms with Gasteiger partial charge >= 0.3 is 0 Å². The predicted octanol–water partition coefficient (Wildman–Crippen LogP) is 2.97. The van der Waals surface area contributed by atoms with Gasteiger partial charge in [-0.3, -0.25) is 9.59 Å². The van der Waals surface area contributed by atoms with Crippen LogP contribution in [0.5, 0.6) is 0 Å². The number of fused-ring (bicyclic) bond motifs is 1. The molecule has 0 unspecified atom stereocenters. The van der Waals surface area contributed by atoms with Gasteiger partial charge in [0.1, 0.15) is 11.7 Å². The van der Waals surface area contributed by atoms with Crippen molar-refractivity contribution >= 4 is 11.6 Å². The molecule has 1 spiro atoms. The van der Waals surface area contributed by atoms with Crippen LogP contribution in [-0.2, 0) is 14.3 Å². The third kappa shape index (κ3) is 1.30. The van der Waals surface area contributed by atoms with Crippen LogP contribution >= 0.6 is 0 Å². The zero-order valence-corrected chi connectivity index (χ0v) is 12.5. The molecule has 4 aliphatic rings. The summed E-state index contributed by atoms with van der Waals surface area (Å²) in [5.41, 5.74) is 2.22. The van der Waals surface area contributed by atoms with Gasteiger partial charge in [0.15, 0.2) is 11.6 Å². The third-order valence-electron chi connectivity index (χ3n) is 6.65. The maximum Gasteiger partial charge on any atom is 0.164 e. The van der Waals surface area contributed by atoms with Gasteiger partial charge in [0.2, 0.25) is 0 Å². The van der Waals surface area contributed by atoms with Crippen molar-refractivity contribution in [3.63, 3.8) is 0 Å². The molecule has 3 heteroatoms. The van der Waals surface area contributed by atoms with E-state index in [1.165, 1.54) is 5.57 Å². The van der Waals surface area contributed by atoms with Gasteiger partial charge in [0, 0.05) is 18.3 Å². The topological polar surface area (TPSA) is 46.7 Å². The number of hydrogen-bond donors (Lipinski definition) is 0. The number of carbonyl (C=O) groups excluding carboxylic acids is 2. The highest BCUT2D eigenvalue weighted by molar-refractivity contribution is 5.97. The molecular formula is C17H22O3. The Morgan fingerprint density at radius 3 is 2.65 bits per heavy atom. The van der Waals surface area contributed by atoms with Gasteiger partial charge in [-0.15, -0.1) is 0 Å². The molecule has 2 saturated carbocycles. The number of Topliss-reactive ketones (excluding diaryl/α,β-unsaturated/α-hetero) is 2. The van der Waals surface area contributed by atoms with E-state index in [0.29, 0.717) is 24.4 Å². The summed E-state index contributed by atoms with van der Waals surface area (Å²) in [6.45, 7) is 6.53. The Bertz CT molecular complexity index is 575. The molecular weight excluding hydrogens is 252 g/mol. The van der Waals surface area contributed by atoms with Crippen molar-refractivity contribution in [1.82, 2.24) is 0 Å². The van der Waals surface area contributed by atoms with E-state index in [4.69, 9.17) is 4.74 Å². The first kappa shape index (κ1) is 12.8. The minimum atomic E-state index is -0.221. The maximum absolute atomic E-state index is 12.1. The molecule has 3 aliphatic carbocycles. The lowest BCUT2D eigenvalue weighted by Crippen LogP contribution is -2.52. The molecule has 1 aliphatic heterocycles. The average molecular weight is 274 g/mol. The van der Waals surface area contributed by atoms with Crippen LogP contribution in [0.15, 0.2) is 11.1 Å². The van der Waals surface area contributed by atoms with Gasteiger partial charge < -0.3 is 4.74 Å². The van der Waals surface area contributed by atoms with Gasteiger partial charge in [0.25, 0.3) is 0 Å². The highest BCUT2D eigenvalue weighted by Crippen LogP contribution is 2.69. The van der Waals surface area contributed by atoms with Crippen LogP contribution < -0.4 is 0 Å². The van der Waals surface area contributed by atoms with Crippen LogP contribution in [0.25, 0.3) is 0 Å². The SMILES string of the molecule is CC1=C2C[C@]3(C)CCC(=O)[C@H]4O[C@]43C[C@]2(C)CCC1=O. The monoisotopic (exact) mass is 274 g/mol. The van der Waals surface area contributed by atoms with Crippen molar-refractivity contribution in [2.45, 2.75) is 71.0 Å². The lowest BCUT2D eigenvalue weighted by Gasteiger charge is -2.53. The zero-order chi connectivity index (χ0) is 14.3. The van der Waals surface area contributed by atoms with E-state index in [2.05, 4.69) is 13.8 Å². The second-order valence-corrected chi connectivity index (χ2v) is 7.86. The second-order valence-electron chi connectivity index (χ2n) is 7.86. The molecule has 0 radical (unpaired) electrons. The van der Waals surface area contributed by atoms with Gasteiger partial charge in [-0.1, -0.05) is 19.4 Å². The Morgan fingerprint density at radius 2 is 1.90 bits per heavy atom. The number of rotatable bonds is 0. The quantitative estimate of drug-likeness (QED) is 0.638. The van der Waals surface area contributed by atoms with Crippen molar-refractivity contribution < 1.29 is 14.3 Å². The van der Waals surface area contributed by atoms with Crippen molar-refractivity contribution in [3.05, 3.63) is 11.1 Å². The molecule has 108 valence electrons. The van der Waals surface area contributed by atoms with Gasteiger partial charge in [-0.2, -0.15) is 0 Å². The Labute approximate surface area is 119 Å². The number of carbonyl (C=O) groups is 2. The first-order valence-corrected chi connectivity index (χ1v) is 7.75. The molecule has 4 rings (SSSR count). The van der Waals surface area contributed by atoms with Crippen LogP contribution in [-0.4, -0.2) is 23.3 Å². The van der Waals surface area contributed by atoms with Crippen LogP contribution in [0.3, 0.4) is 0 Å². The van der Waals surface area contributed by atoms with E-state index in [0.717, 1.165) is 31.3 Å². The molecule has 20 heavy (non-hydrogen) atoms. The average Bonchev–Trinajstić information content (AvgIpc) is 3.12. The summed E-state index contributed by atoms with van der Waals surface area (Å²) in [6.07, 6.45) is 4.82. The normalized spacial score (nSPS) is 50.5. The summed E-state index contributed by atoms with van der Waals surface area (Å²) >= 11 is 0. The minimum absolute atomic E-state index is 0.0410. The van der Waals surface area contributed by atoms with Crippen LogP contribution in [0, 0.1) is 10.8 Å². The van der Waals surface area contributed by atoms with E-state index in [1.54, 1.807) is 0 Å². The minimum Gasteiger partial charge on any atom is -0.357 e. The van der Waals surface area contributed by atoms with Crippen molar-refractivity contribution in [2.75, 3.05) is 0 Å². The molecule has 0 bridgehead atoms. The smallest absolute Gasteiger partial charge is 0.164 e. The second kappa shape index (κ2) is 3.44. The molecule has 1 heterocycles. The van der Waals surface area contributed by atoms with Gasteiger partial charge in [-0.05, 0) is 43.6 Å². The third-order valence-corrected chi connectivity index (χ3v) is 6.65. The summed E-state index contributed by atoms with van der Waals surface area (Å²) in [6, 6.07) is 0. The molecule has 0 aromatic carbocycles. The van der Waals surface area contributed by atoms with Gasteiger partial charge in [0.05, 0.1) is 0 Å². The van der Waals surface area contributed by atoms with E-state index in [1.807, 2.05) is 6.92 Å². The summed E-state index contributed by atoms with van der Waals surface area (Å²) in [5, 5.41) is 0.